The SMILES string of the molecule is C1=Cc2ccccc2C1.[SiH3]Cl. The lowest BCUT2D eigenvalue weighted by atomic mass is 10.1. The van der Waals surface area contributed by atoms with Gasteiger partial charge in [0.1, 0.15) is 9.55 Å². The van der Waals surface area contributed by atoms with E-state index in [4.69, 9.17) is 11.1 Å². The second-order valence-electron chi connectivity index (χ2n) is 2.31. The first-order valence-electron chi connectivity index (χ1n) is 3.59. The first-order valence-corrected chi connectivity index (χ1v) is 6.61. The van der Waals surface area contributed by atoms with Crippen LogP contribution >= 0.6 is 11.1 Å². The molecule has 2 rings (SSSR count). The van der Waals surface area contributed by atoms with Crippen molar-refractivity contribution in [2.75, 3.05) is 0 Å². The van der Waals surface area contributed by atoms with Crippen LogP contribution in [0.4, 0.5) is 0 Å². The van der Waals surface area contributed by atoms with Gasteiger partial charge >= 0.3 is 0 Å². The zero-order valence-electron chi connectivity index (χ0n) is 6.55. The van der Waals surface area contributed by atoms with Crippen molar-refractivity contribution in [2.45, 2.75) is 6.42 Å². The van der Waals surface area contributed by atoms with Crippen molar-refractivity contribution in [3.05, 3.63) is 41.5 Å². The number of allylic oxidation sites excluding steroid dienone is 1. The molecule has 1 aliphatic rings. The molecule has 0 aliphatic heterocycles. The Kier molecular flexibility index (Phi) is 3.40. The van der Waals surface area contributed by atoms with Gasteiger partial charge in [-0.05, 0) is 17.5 Å². The average molecular weight is 183 g/mol. The maximum atomic E-state index is 4.78. The van der Waals surface area contributed by atoms with Crippen LogP contribution in [0.5, 0.6) is 0 Å². The summed E-state index contributed by atoms with van der Waals surface area (Å²) >= 11 is 4.78. The van der Waals surface area contributed by atoms with E-state index in [1.165, 1.54) is 11.1 Å². The molecule has 0 saturated heterocycles. The molecule has 0 unspecified atom stereocenters. The summed E-state index contributed by atoms with van der Waals surface area (Å²) in [5.41, 5.74) is 2.84. The van der Waals surface area contributed by atoms with Gasteiger partial charge in [-0.1, -0.05) is 36.4 Å². The number of hydrogen-bond donors (Lipinski definition) is 0. The van der Waals surface area contributed by atoms with E-state index >= 15 is 0 Å². The number of hydrogen-bond acceptors (Lipinski definition) is 0. The average Bonchev–Trinajstić information content (AvgIpc) is 2.55. The van der Waals surface area contributed by atoms with Gasteiger partial charge in [0.15, 0.2) is 0 Å². The lowest BCUT2D eigenvalue weighted by Gasteiger charge is -1.93. The largest absolute Gasteiger partial charge is 0.181 e. The van der Waals surface area contributed by atoms with E-state index in [0.717, 1.165) is 16.0 Å². The molecule has 0 bridgehead atoms. The van der Waals surface area contributed by atoms with Crippen LogP contribution in [0.25, 0.3) is 6.08 Å². The van der Waals surface area contributed by atoms with Crippen LogP contribution in [0, 0.1) is 0 Å². The zero-order valence-corrected chi connectivity index (χ0v) is 9.31. The fourth-order valence-electron chi connectivity index (χ4n) is 1.20. The maximum Gasteiger partial charge on any atom is 0.109 e. The molecule has 0 nitrogen and oxygen atoms in total. The Hall–Kier alpha value is -0.533. The van der Waals surface area contributed by atoms with E-state index in [2.05, 4.69) is 36.4 Å². The number of rotatable bonds is 0. The molecule has 0 radical (unpaired) electrons. The third kappa shape index (κ3) is 1.95. The monoisotopic (exact) mass is 182 g/mol. The Balaban J connectivity index is 0.000000281. The van der Waals surface area contributed by atoms with Crippen molar-refractivity contribution in [1.29, 1.82) is 0 Å². The van der Waals surface area contributed by atoms with E-state index in [-0.39, 0.29) is 0 Å². The van der Waals surface area contributed by atoms with Crippen LogP contribution in [0.1, 0.15) is 11.1 Å². The lowest BCUT2D eigenvalue weighted by Crippen LogP contribution is -1.76. The molecule has 0 spiro atoms. The second-order valence-corrected chi connectivity index (χ2v) is 2.31. The van der Waals surface area contributed by atoms with Crippen LogP contribution in [-0.4, -0.2) is 9.55 Å². The van der Waals surface area contributed by atoms with Crippen molar-refractivity contribution in [1.82, 2.24) is 0 Å². The van der Waals surface area contributed by atoms with Gasteiger partial charge < -0.3 is 0 Å². The van der Waals surface area contributed by atoms with Crippen molar-refractivity contribution >= 4 is 26.7 Å². The second kappa shape index (κ2) is 4.37. The molecular weight excluding hydrogens is 172 g/mol. The Bertz CT molecular complexity index is 255. The van der Waals surface area contributed by atoms with Crippen molar-refractivity contribution in [3.8, 4) is 0 Å². The number of fused-ring (bicyclic) bond motifs is 1. The quantitative estimate of drug-likeness (QED) is 0.424. The molecule has 11 heavy (non-hydrogen) atoms. The predicted molar refractivity (Wildman–Crippen MR) is 55.0 cm³/mol. The Morgan fingerprint density at radius 3 is 2.64 bits per heavy atom. The highest BCUT2D eigenvalue weighted by Crippen LogP contribution is 2.17. The topological polar surface area (TPSA) is 0 Å². The van der Waals surface area contributed by atoms with E-state index < -0.39 is 0 Å². The van der Waals surface area contributed by atoms with E-state index in [0.29, 0.717) is 0 Å². The first kappa shape index (κ1) is 8.56. The third-order valence-electron chi connectivity index (χ3n) is 1.69. The standard InChI is InChI=1S/C9H8.ClH3Si/c1-2-5-9-7-3-6-8(9)4-1;1-2/h1-6H,7H2;2H3. The molecule has 0 N–H and O–H groups in total. The van der Waals surface area contributed by atoms with Gasteiger partial charge in [-0.25, -0.2) is 0 Å². The fraction of sp³-hybridized carbons (Fsp3) is 0.111. The Morgan fingerprint density at radius 1 is 1.18 bits per heavy atom. The van der Waals surface area contributed by atoms with Crippen LogP contribution in [0.15, 0.2) is 30.3 Å². The highest BCUT2D eigenvalue weighted by Gasteiger charge is 2.00. The summed E-state index contributed by atoms with van der Waals surface area (Å²) in [6.07, 6.45) is 5.50. The normalized spacial score (nSPS) is 12.1. The van der Waals surface area contributed by atoms with E-state index in [1.54, 1.807) is 0 Å². The Labute approximate surface area is 75.0 Å². The summed E-state index contributed by atoms with van der Waals surface area (Å²) in [6, 6.07) is 8.49. The highest BCUT2D eigenvalue weighted by atomic mass is 35.6. The van der Waals surface area contributed by atoms with Crippen molar-refractivity contribution in [3.63, 3.8) is 0 Å². The van der Waals surface area contributed by atoms with E-state index in [9.17, 15) is 0 Å². The molecule has 1 aromatic carbocycles. The summed E-state index contributed by atoms with van der Waals surface area (Å²) < 4.78 is 0. The molecule has 1 aliphatic carbocycles. The van der Waals surface area contributed by atoms with Gasteiger partial charge in [-0.15, -0.1) is 0 Å². The first-order chi connectivity index (χ1) is 5.47. The summed E-state index contributed by atoms with van der Waals surface area (Å²) in [5, 5.41) is 0. The fourth-order valence-corrected chi connectivity index (χ4v) is 1.20. The van der Waals surface area contributed by atoms with Crippen LogP contribution in [0.3, 0.4) is 0 Å². The summed E-state index contributed by atoms with van der Waals surface area (Å²) in [7, 11) is 0.778. The molecular formula is C9H11ClSi. The Morgan fingerprint density at radius 2 is 1.91 bits per heavy atom. The van der Waals surface area contributed by atoms with Gasteiger partial charge in [0, 0.05) is 0 Å². The molecule has 2 heteroatoms. The van der Waals surface area contributed by atoms with Crippen molar-refractivity contribution in [2.24, 2.45) is 0 Å². The van der Waals surface area contributed by atoms with Crippen LogP contribution in [-0.2, 0) is 6.42 Å². The lowest BCUT2D eigenvalue weighted by molar-refractivity contribution is 1.31. The molecule has 1 aromatic rings. The van der Waals surface area contributed by atoms with Gasteiger partial charge in [0.05, 0.1) is 0 Å². The maximum absolute atomic E-state index is 4.78. The van der Waals surface area contributed by atoms with Gasteiger partial charge in [-0.2, -0.15) is 11.1 Å². The molecule has 0 atom stereocenters. The minimum absolute atomic E-state index is 0.778. The highest BCUT2D eigenvalue weighted by molar-refractivity contribution is 6.80. The molecule has 0 aromatic heterocycles. The van der Waals surface area contributed by atoms with Crippen LogP contribution < -0.4 is 0 Å². The van der Waals surface area contributed by atoms with Gasteiger partial charge in [0.25, 0.3) is 0 Å². The molecule has 0 heterocycles. The van der Waals surface area contributed by atoms with Gasteiger partial charge in [-0.3, -0.25) is 0 Å². The minimum atomic E-state index is 0.778. The number of benzene rings is 1. The van der Waals surface area contributed by atoms with E-state index in [1.807, 2.05) is 0 Å². The number of halogens is 1. The summed E-state index contributed by atoms with van der Waals surface area (Å²) in [6.45, 7) is 0. The summed E-state index contributed by atoms with van der Waals surface area (Å²) in [5.74, 6) is 0. The molecule has 0 saturated carbocycles. The third-order valence-corrected chi connectivity index (χ3v) is 1.69. The molecule has 0 amide bonds. The predicted octanol–water partition coefficient (Wildman–Crippen LogP) is 1.76. The molecule has 58 valence electrons. The smallest absolute Gasteiger partial charge is 0.109 e. The molecule has 0 fully saturated rings. The van der Waals surface area contributed by atoms with Crippen LogP contribution in [0.2, 0.25) is 0 Å². The minimum Gasteiger partial charge on any atom is -0.181 e. The summed E-state index contributed by atoms with van der Waals surface area (Å²) in [4.78, 5) is 0. The zero-order chi connectivity index (χ0) is 8.10. The van der Waals surface area contributed by atoms with Crippen molar-refractivity contribution < 1.29 is 0 Å². The van der Waals surface area contributed by atoms with Gasteiger partial charge in [0.2, 0.25) is 0 Å².